The van der Waals surface area contributed by atoms with Crippen LogP contribution >= 0.6 is 0 Å². The molecule has 118 valence electrons. The Balaban J connectivity index is 1.39. The van der Waals surface area contributed by atoms with E-state index in [0.29, 0.717) is 11.8 Å². The number of imidazole rings is 1. The number of aryl methyl sites for hydroxylation is 1. The van der Waals surface area contributed by atoms with Crippen molar-refractivity contribution in [3.05, 3.63) is 60.2 Å². The monoisotopic (exact) mass is 307 g/mol. The Morgan fingerprint density at radius 3 is 2.70 bits per heavy atom. The van der Waals surface area contributed by atoms with Crippen LogP contribution in [0.2, 0.25) is 0 Å². The molecule has 4 heteroatoms. The minimum Gasteiger partial charge on any atom is -0.331 e. The maximum Gasteiger partial charge on any atom is 0.228 e. The second kappa shape index (κ2) is 5.69. The Labute approximate surface area is 136 Å². The lowest BCUT2D eigenvalue weighted by molar-refractivity contribution is -0.120. The van der Waals surface area contributed by atoms with E-state index < -0.39 is 0 Å². The molecule has 1 aromatic heterocycles. The topological polar surface area (TPSA) is 46.9 Å². The minimum atomic E-state index is 0.151. The van der Waals surface area contributed by atoms with Crippen LogP contribution in [0, 0.1) is 24.7 Å². The summed E-state index contributed by atoms with van der Waals surface area (Å²) >= 11 is 0. The van der Waals surface area contributed by atoms with Crippen LogP contribution in [0.15, 0.2) is 48.8 Å². The van der Waals surface area contributed by atoms with Crippen LogP contribution in [0.5, 0.6) is 0 Å². The van der Waals surface area contributed by atoms with E-state index in [2.05, 4.69) is 39.2 Å². The smallest absolute Gasteiger partial charge is 0.228 e. The van der Waals surface area contributed by atoms with Gasteiger partial charge in [-0.1, -0.05) is 24.3 Å². The molecule has 0 radical (unpaired) electrons. The summed E-state index contributed by atoms with van der Waals surface area (Å²) in [5.74, 6) is 2.39. The Kier molecular flexibility index (Phi) is 3.52. The van der Waals surface area contributed by atoms with Crippen molar-refractivity contribution in [1.29, 1.82) is 0 Å². The van der Waals surface area contributed by atoms with E-state index in [1.54, 1.807) is 0 Å². The molecule has 3 atom stereocenters. The number of hydrogen-bond acceptors (Lipinski definition) is 2. The zero-order valence-electron chi connectivity index (χ0n) is 13.3. The zero-order chi connectivity index (χ0) is 15.8. The van der Waals surface area contributed by atoms with Gasteiger partial charge in [-0.25, -0.2) is 4.98 Å². The number of anilines is 1. The first-order valence-corrected chi connectivity index (χ1v) is 8.25. The SMILES string of the molecule is Cc1nccn1Cc1ccc(NC(=O)C2CC3C=CC2C3)cc1. The van der Waals surface area contributed by atoms with Gasteiger partial charge in [0.15, 0.2) is 0 Å². The van der Waals surface area contributed by atoms with Crippen molar-refractivity contribution in [2.75, 3.05) is 5.32 Å². The van der Waals surface area contributed by atoms with Crippen molar-refractivity contribution < 1.29 is 4.79 Å². The van der Waals surface area contributed by atoms with Gasteiger partial charge in [-0.2, -0.15) is 0 Å². The molecule has 1 aromatic carbocycles. The predicted octanol–water partition coefficient (Wildman–Crippen LogP) is 3.39. The highest BCUT2D eigenvalue weighted by molar-refractivity contribution is 5.93. The van der Waals surface area contributed by atoms with Gasteiger partial charge in [-0.15, -0.1) is 0 Å². The largest absolute Gasteiger partial charge is 0.331 e. The highest BCUT2D eigenvalue weighted by Gasteiger charge is 2.39. The third kappa shape index (κ3) is 2.81. The van der Waals surface area contributed by atoms with Gasteiger partial charge in [0.05, 0.1) is 0 Å². The average Bonchev–Trinajstić information content (AvgIpc) is 3.27. The summed E-state index contributed by atoms with van der Waals surface area (Å²) < 4.78 is 2.11. The molecular formula is C19H21N3O. The Bertz CT molecular complexity index is 744. The Morgan fingerprint density at radius 1 is 1.26 bits per heavy atom. The molecule has 23 heavy (non-hydrogen) atoms. The summed E-state index contributed by atoms with van der Waals surface area (Å²) in [7, 11) is 0. The first-order valence-electron chi connectivity index (χ1n) is 8.25. The fraction of sp³-hybridized carbons (Fsp3) is 0.368. The number of benzene rings is 1. The second-order valence-electron chi connectivity index (χ2n) is 6.68. The van der Waals surface area contributed by atoms with Crippen molar-refractivity contribution in [3.8, 4) is 0 Å². The first-order chi connectivity index (χ1) is 11.2. The molecular weight excluding hydrogens is 286 g/mol. The summed E-state index contributed by atoms with van der Waals surface area (Å²) in [6, 6.07) is 8.11. The lowest BCUT2D eigenvalue weighted by Crippen LogP contribution is -2.25. The van der Waals surface area contributed by atoms with Gasteiger partial charge in [0.1, 0.15) is 5.82 Å². The normalized spacial score (nSPS) is 25.0. The Hall–Kier alpha value is -2.36. The summed E-state index contributed by atoms with van der Waals surface area (Å²) in [6.07, 6.45) is 10.4. The highest BCUT2D eigenvalue weighted by atomic mass is 16.1. The van der Waals surface area contributed by atoms with E-state index in [0.717, 1.165) is 30.9 Å². The number of fused-ring (bicyclic) bond motifs is 2. The van der Waals surface area contributed by atoms with Crippen LogP contribution in [-0.4, -0.2) is 15.5 Å². The van der Waals surface area contributed by atoms with Gasteiger partial charge in [0.25, 0.3) is 0 Å². The third-order valence-electron chi connectivity index (χ3n) is 5.11. The average molecular weight is 307 g/mol. The molecule has 1 heterocycles. The molecule has 2 aliphatic rings. The van der Waals surface area contributed by atoms with E-state index in [1.165, 1.54) is 5.56 Å². The Morgan fingerprint density at radius 2 is 2.09 bits per heavy atom. The maximum absolute atomic E-state index is 12.4. The highest BCUT2D eigenvalue weighted by Crippen LogP contribution is 2.43. The van der Waals surface area contributed by atoms with E-state index in [4.69, 9.17) is 0 Å². The van der Waals surface area contributed by atoms with Crippen molar-refractivity contribution in [1.82, 2.24) is 9.55 Å². The number of carbonyl (C=O) groups excluding carboxylic acids is 1. The van der Waals surface area contributed by atoms with Gasteiger partial charge in [0.2, 0.25) is 5.91 Å². The van der Waals surface area contributed by atoms with Gasteiger partial charge in [-0.3, -0.25) is 4.79 Å². The number of nitrogens with zero attached hydrogens (tertiary/aromatic N) is 2. The predicted molar refractivity (Wildman–Crippen MR) is 90.0 cm³/mol. The van der Waals surface area contributed by atoms with E-state index in [-0.39, 0.29) is 11.8 Å². The van der Waals surface area contributed by atoms with Crippen LogP contribution in [0.1, 0.15) is 24.2 Å². The van der Waals surface area contributed by atoms with Crippen molar-refractivity contribution in [2.24, 2.45) is 17.8 Å². The quantitative estimate of drug-likeness (QED) is 0.880. The molecule has 0 saturated heterocycles. The maximum atomic E-state index is 12.4. The fourth-order valence-corrected chi connectivity index (χ4v) is 3.78. The number of aromatic nitrogens is 2. The van der Waals surface area contributed by atoms with Crippen LogP contribution < -0.4 is 5.32 Å². The summed E-state index contributed by atoms with van der Waals surface area (Å²) in [5, 5.41) is 3.07. The molecule has 4 rings (SSSR count). The fourth-order valence-electron chi connectivity index (χ4n) is 3.78. The van der Waals surface area contributed by atoms with E-state index in [1.807, 2.05) is 31.5 Å². The lowest BCUT2D eigenvalue weighted by Gasteiger charge is -2.17. The van der Waals surface area contributed by atoms with Gasteiger partial charge in [0, 0.05) is 30.5 Å². The standard InChI is InChI=1S/C19H21N3O/c1-13-20-8-9-22(13)12-14-3-6-17(7-4-14)21-19(23)18-11-15-2-5-16(18)10-15/h2-9,15-16,18H,10-12H2,1H3,(H,21,23). The summed E-state index contributed by atoms with van der Waals surface area (Å²) in [6.45, 7) is 2.80. The first kappa shape index (κ1) is 14.2. The van der Waals surface area contributed by atoms with Crippen LogP contribution in [-0.2, 0) is 11.3 Å². The van der Waals surface area contributed by atoms with Gasteiger partial charge >= 0.3 is 0 Å². The summed E-state index contributed by atoms with van der Waals surface area (Å²) in [5.41, 5.74) is 2.08. The molecule has 1 N–H and O–H groups in total. The summed E-state index contributed by atoms with van der Waals surface area (Å²) in [4.78, 5) is 16.7. The molecule has 2 aliphatic carbocycles. The van der Waals surface area contributed by atoms with Crippen molar-refractivity contribution in [3.63, 3.8) is 0 Å². The van der Waals surface area contributed by atoms with Crippen LogP contribution in [0.3, 0.4) is 0 Å². The zero-order valence-corrected chi connectivity index (χ0v) is 13.3. The molecule has 0 aliphatic heterocycles. The molecule has 2 bridgehead atoms. The van der Waals surface area contributed by atoms with Gasteiger partial charge < -0.3 is 9.88 Å². The van der Waals surface area contributed by atoms with Gasteiger partial charge in [-0.05, 0) is 49.3 Å². The minimum absolute atomic E-state index is 0.151. The molecule has 2 aromatic rings. The number of allylic oxidation sites excluding steroid dienone is 2. The van der Waals surface area contributed by atoms with E-state index >= 15 is 0 Å². The van der Waals surface area contributed by atoms with Crippen molar-refractivity contribution >= 4 is 11.6 Å². The number of amides is 1. The molecule has 4 nitrogen and oxygen atoms in total. The van der Waals surface area contributed by atoms with Crippen LogP contribution in [0.4, 0.5) is 5.69 Å². The number of carbonyl (C=O) groups is 1. The number of nitrogens with one attached hydrogen (secondary N) is 1. The molecule has 3 unspecified atom stereocenters. The number of hydrogen-bond donors (Lipinski definition) is 1. The molecule has 1 amide bonds. The lowest BCUT2D eigenvalue weighted by atomic mass is 9.93. The number of rotatable bonds is 4. The van der Waals surface area contributed by atoms with E-state index in [9.17, 15) is 4.79 Å². The second-order valence-corrected chi connectivity index (χ2v) is 6.68. The van der Waals surface area contributed by atoms with Crippen LogP contribution in [0.25, 0.3) is 0 Å². The molecule has 0 spiro atoms. The van der Waals surface area contributed by atoms with Crippen molar-refractivity contribution in [2.45, 2.75) is 26.3 Å². The molecule has 1 saturated carbocycles. The third-order valence-corrected chi connectivity index (χ3v) is 5.11. The molecule has 1 fully saturated rings.